The summed E-state index contributed by atoms with van der Waals surface area (Å²) in [7, 11) is 0. The number of halogens is 4. The van der Waals surface area contributed by atoms with Crippen LogP contribution in [0.25, 0.3) is 17.0 Å². The van der Waals surface area contributed by atoms with Crippen LogP contribution in [-0.2, 0) is 17.4 Å². The van der Waals surface area contributed by atoms with Gasteiger partial charge in [-0.3, -0.25) is 4.79 Å². The standard InChI is InChI=1S/C20H16ClF3N6OS/c1-10-12(11(2)30-18(25-10)28-17(29-30)20(22,23)24)7-8-16(31)27-19-26-15(9-32-19)13-5-3-4-6-14(13)21/h3-6,9H,7-8H2,1-2H3,(H,26,27,31). The van der Waals surface area contributed by atoms with Gasteiger partial charge in [0.25, 0.3) is 11.6 Å². The van der Waals surface area contributed by atoms with Gasteiger partial charge in [-0.05, 0) is 31.9 Å². The number of rotatable bonds is 5. The molecule has 0 bridgehead atoms. The van der Waals surface area contributed by atoms with Gasteiger partial charge in [-0.2, -0.15) is 18.2 Å². The van der Waals surface area contributed by atoms with Crippen molar-refractivity contribution in [3.05, 3.63) is 57.4 Å². The summed E-state index contributed by atoms with van der Waals surface area (Å²) in [4.78, 5) is 24.4. The monoisotopic (exact) mass is 480 g/mol. The normalized spacial score (nSPS) is 11.8. The summed E-state index contributed by atoms with van der Waals surface area (Å²) in [6.45, 7) is 3.29. The first-order valence-electron chi connectivity index (χ1n) is 9.44. The number of fused-ring (bicyclic) bond motifs is 1. The summed E-state index contributed by atoms with van der Waals surface area (Å²) >= 11 is 7.46. The minimum atomic E-state index is -4.66. The zero-order valence-electron chi connectivity index (χ0n) is 16.9. The number of alkyl halides is 3. The Labute approximate surface area is 189 Å². The van der Waals surface area contributed by atoms with Gasteiger partial charge in [0.1, 0.15) is 0 Å². The minimum Gasteiger partial charge on any atom is -0.302 e. The molecule has 0 saturated carbocycles. The summed E-state index contributed by atoms with van der Waals surface area (Å²) in [6, 6.07) is 7.27. The Kier molecular flexibility index (Phi) is 5.87. The van der Waals surface area contributed by atoms with Crippen molar-refractivity contribution >= 4 is 39.8 Å². The smallest absolute Gasteiger partial charge is 0.302 e. The Morgan fingerprint density at radius 3 is 2.66 bits per heavy atom. The van der Waals surface area contributed by atoms with Crippen molar-refractivity contribution in [2.45, 2.75) is 32.9 Å². The maximum absolute atomic E-state index is 12.9. The molecule has 0 spiro atoms. The third-order valence-corrected chi connectivity index (χ3v) is 5.89. The second-order valence-electron chi connectivity index (χ2n) is 6.97. The van der Waals surface area contributed by atoms with Crippen molar-refractivity contribution in [3.8, 4) is 11.3 Å². The molecule has 0 aliphatic rings. The van der Waals surface area contributed by atoms with Gasteiger partial charge in [0, 0.05) is 33.8 Å². The lowest BCUT2D eigenvalue weighted by Gasteiger charge is -2.10. The number of amides is 1. The number of nitrogens with one attached hydrogen (secondary N) is 1. The number of benzene rings is 1. The topological polar surface area (TPSA) is 85.1 Å². The van der Waals surface area contributed by atoms with Crippen LogP contribution >= 0.6 is 22.9 Å². The molecule has 4 aromatic rings. The number of aryl methyl sites for hydroxylation is 2. The summed E-state index contributed by atoms with van der Waals surface area (Å²) < 4.78 is 39.8. The van der Waals surface area contributed by atoms with Crippen molar-refractivity contribution in [3.63, 3.8) is 0 Å². The molecule has 32 heavy (non-hydrogen) atoms. The molecule has 0 atom stereocenters. The van der Waals surface area contributed by atoms with Crippen molar-refractivity contribution < 1.29 is 18.0 Å². The van der Waals surface area contributed by atoms with E-state index >= 15 is 0 Å². The second-order valence-corrected chi connectivity index (χ2v) is 8.24. The Morgan fingerprint density at radius 2 is 1.94 bits per heavy atom. The van der Waals surface area contributed by atoms with Crippen LogP contribution in [0.5, 0.6) is 0 Å². The molecule has 3 heterocycles. The van der Waals surface area contributed by atoms with Crippen LogP contribution in [0, 0.1) is 13.8 Å². The molecule has 0 saturated heterocycles. The lowest BCUT2D eigenvalue weighted by Crippen LogP contribution is -2.14. The molecule has 166 valence electrons. The first-order valence-corrected chi connectivity index (χ1v) is 10.7. The molecule has 3 aromatic heterocycles. The molecule has 0 radical (unpaired) electrons. The lowest BCUT2D eigenvalue weighted by molar-refractivity contribution is -0.144. The number of anilines is 1. The average Bonchev–Trinajstić information content (AvgIpc) is 3.35. The third kappa shape index (κ3) is 4.44. The van der Waals surface area contributed by atoms with E-state index in [2.05, 4.69) is 25.4 Å². The summed E-state index contributed by atoms with van der Waals surface area (Å²) in [5, 5.41) is 9.05. The largest absolute Gasteiger partial charge is 0.453 e. The molecule has 0 aliphatic carbocycles. The fraction of sp³-hybridized carbons (Fsp3) is 0.250. The molecular formula is C20H16ClF3N6OS. The van der Waals surface area contributed by atoms with E-state index in [1.54, 1.807) is 25.3 Å². The second kappa shape index (κ2) is 8.47. The fourth-order valence-corrected chi connectivity index (χ4v) is 4.19. The van der Waals surface area contributed by atoms with E-state index in [0.29, 0.717) is 32.8 Å². The number of hydrogen-bond donors (Lipinski definition) is 1. The van der Waals surface area contributed by atoms with E-state index in [-0.39, 0.29) is 24.5 Å². The third-order valence-electron chi connectivity index (χ3n) is 4.80. The predicted molar refractivity (Wildman–Crippen MR) is 115 cm³/mol. The molecule has 0 aliphatic heterocycles. The van der Waals surface area contributed by atoms with Crippen molar-refractivity contribution in [1.29, 1.82) is 0 Å². The number of carbonyl (C=O) groups excluding carboxylic acids is 1. The van der Waals surface area contributed by atoms with Gasteiger partial charge in [-0.1, -0.05) is 29.8 Å². The molecule has 12 heteroatoms. The Balaban J connectivity index is 1.47. The van der Waals surface area contributed by atoms with Crippen LogP contribution in [-0.4, -0.2) is 30.5 Å². The number of thiazole rings is 1. The number of hydrogen-bond acceptors (Lipinski definition) is 6. The van der Waals surface area contributed by atoms with Crippen LogP contribution in [0.2, 0.25) is 5.02 Å². The maximum atomic E-state index is 12.9. The molecule has 4 rings (SSSR count). The highest BCUT2D eigenvalue weighted by atomic mass is 35.5. The zero-order valence-corrected chi connectivity index (χ0v) is 18.4. The summed E-state index contributed by atoms with van der Waals surface area (Å²) in [5.74, 6) is -1.66. The number of carbonyl (C=O) groups is 1. The molecule has 1 aromatic carbocycles. The van der Waals surface area contributed by atoms with Gasteiger partial charge in [0.05, 0.1) is 5.69 Å². The van der Waals surface area contributed by atoms with Crippen molar-refractivity contribution in [2.75, 3.05) is 5.32 Å². The Morgan fingerprint density at radius 1 is 1.19 bits per heavy atom. The quantitative estimate of drug-likeness (QED) is 0.429. The van der Waals surface area contributed by atoms with Crippen LogP contribution in [0.1, 0.15) is 29.2 Å². The lowest BCUT2D eigenvalue weighted by atomic mass is 10.1. The van der Waals surface area contributed by atoms with Gasteiger partial charge in [-0.15, -0.1) is 16.4 Å². The van der Waals surface area contributed by atoms with Gasteiger partial charge in [0.15, 0.2) is 5.13 Å². The number of aromatic nitrogens is 5. The van der Waals surface area contributed by atoms with Crippen LogP contribution < -0.4 is 5.32 Å². The van der Waals surface area contributed by atoms with Crippen LogP contribution in [0.3, 0.4) is 0 Å². The first-order chi connectivity index (χ1) is 15.1. The predicted octanol–water partition coefficient (Wildman–Crippen LogP) is 5.11. The Bertz CT molecular complexity index is 1320. The highest BCUT2D eigenvalue weighted by molar-refractivity contribution is 7.14. The van der Waals surface area contributed by atoms with E-state index in [9.17, 15) is 18.0 Å². The average molecular weight is 481 g/mol. The van der Waals surface area contributed by atoms with Gasteiger partial charge in [0.2, 0.25) is 5.91 Å². The Hall–Kier alpha value is -3.05. The highest BCUT2D eigenvalue weighted by Crippen LogP contribution is 2.30. The fourth-order valence-electron chi connectivity index (χ4n) is 3.23. The van der Waals surface area contributed by atoms with Crippen LogP contribution in [0.4, 0.5) is 18.3 Å². The van der Waals surface area contributed by atoms with E-state index in [1.165, 1.54) is 11.3 Å². The molecular weight excluding hydrogens is 465 g/mol. The molecule has 1 N–H and O–H groups in total. The summed E-state index contributed by atoms with van der Waals surface area (Å²) in [6.07, 6.45) is -4.29. The van der Waals surface area contributed by atoms with Gasteiger partial charge in [-0.25, -0.2) is 14.5 Å². The van der Waals surface area contributed by atoms with Crippen molar-refractivity contribution in [2.24, 2.45) is 0 Å². The molecule has 0 unspecified atom stereocenters. The molecule has 7 nitrogen and oxygen atoms in total. The van der Waals surface area contributed by atoms with E-state index in [0.717, 1.165) is 10.1 Å². The van der Waals surface area contributed by atoms with E-state index in [4.69, 9.17) is 11.6 Å². The first kappa shape index (κ1) is 22.2. The van der Waals surface area contributed by atoms with Gasteiger partial charge >= 0.3 is 6.18 Å². The zero-order chi connectivity index (χ0) is 23.0. The summed E-state index contributed by atoms with van der Waals surface area (Å²) in [5.41, 5.74) is 3.02. The maximum Gasteiger partial charge on any atom is 0.453 e. The van der Waals surface area contributed by atoms with E-state index in [1.807, 2.05) is 18.2 Å². The van der Waals surface area contributed by atoms with Crippen LogP contribution in [0.15, 0.2) is 29.6 Å². The number of nitrogens with zero attached hydrogens (tertiary/aromatic N) is 5. The molecule has 0 fully saturated rings. The van der Waals surface area contributed by atoms with Crippen molar-refractivity contribution in [1.82, 2.24) is 24.6 Å². The SMILES string of the molecule is Cc1nc2nc(C(F)(F)F)nn2c(C)c1CCC(=O)Nc1nc(-c2ccccc2Cl)cs1. The highest BCUT2D eigenvalue weighted by Gasteiger charge is 2.37. The minimum absolute atomic E-state index is 0.0939. The van der Waals surface area contributed by atoms with Gasteiger partial charge < -0.3 is 5.32 Å². The molecule has 1 amide bonds. The van der Waals surface area contributed by atoms with E-state index < -0.39 is 12.0 Å².